The molecule has 1 fully saturated rings. The second kappa shape index (κ2) is 11.1. The summed E-state index contributed by atoms with van der Waals surface area (Å²) in [5, 5.41) is 7.80. The quantitative estimate of drug-likeness (QED) is 0.431. The molecule has 0 aromatic heterocycles. The van der Waals surface area contributed by atoms with Gasteiger partial charge in [-0.25, -0.2) is 0 Å². The molecule has 3 N–H and O–H groups in total. The van der Waals surface area contributed by atoms with Crippen LogP contribution < -0.4 is 16.0 Å². The van der Waals surface area contributed by atoms with Crippen LogP contribution in [0, 0.1) is 5.92 Å². The summed E-state index contributed by atoms with van der Waals surface area (Å²) in [4.78, 5) is 35.0. The maximum atomic E-state index is 11.8. The Kier molecular flexibility index (Phi) is 9.41. The van der Waals surface area contributed by atoms with Crippen LogP contribution >= 0.6 is 0 Å². The van der Waals surface area contributed by atoms with Gasteiger partial charge in [0.25, 0.3) is 0 Å². The van der Waals surface area contributed by atoms with Crippen molar-refractivity contribution in [1.29, 1.82) is 0 Å². The fraction of sp³-hybridized carbons (Fsp3) is 0.800. The number of rotatable bonds is 8. The summed E-state index contributed by atoms with van der Waals surface area (Å²) in [5.74, 6) is -2.19. The average molecular weight is 313 g/mol. The third-order valence-electron chi connectivity index (χ3n) is 3.55. The Hall–Kier alpha value is -1.47. The first-order chi connectivity index (χ1) is 10.6. The second-order valence-electron chi connectivity index (χ2n) is 5.42. The predicted octanol–water partition coefficient (Wildman–Crippen LogP) is -0.0482. The zero-order valence-electron chi connectivity index (χ0n) is 13.3. The Morgan fingerprint density at radius 2 is 1.77 bits per heavy atom. The van der Waals surface area contributed by atoms with Crippen molar-refractivity contribution in [1.82, 2.24) is 16.0 Å². The summed E-state index contributed by atoms with van der Waals surface area (Å²) in [5.41, 5.74) is 0. The highest BCUT2D eigenvalue weighted by molar-refractivity contribution is 6.37. The van der Waals surface area contributed by atoms with E-state index in [1.165, 1.54) is 0 Å². The summed E-state index contributed by atoms with van der Waals surface area (Å²) in [6, 6.07) is 0. The molecule has 0 spiro atoms. The highest BCUT2D eigenvalue weighted by Crippen LogP contribution is 2.10. The molecule has 0 bridgehead atoms. The highest BCUT2D eigenvalue weighted by Gasteiger charge is 2.24. The van der Waals surface area contributed by atoms with Crippen molar-refractivity contribution >= 4 is 17.7 Å². The highest BCUT2D eigenvalue weighted by atomic mass is 16.5. The van der Waals surface area contributed by atoms with Gasteiger partial charge < -0.3 is 15.4 Å². The normalized spacial score (nSPS) is 15.3. The molecule has 0 aromatic carbocycles. The van der Waals surface area contributed by atoms with Crippen LogP contribution in [-0.2, 0) is 19.1 Å². The molecule has 7 nitrogen and oxygen atoms in total. The molecule has 0 unspecified atom stereocenters. The Morgan fingerprint density at radius 1 is 1.09 bits per heavy atom. The molecular weight excluding hydrogens is 286 g/mol. The van der Waals surface area contributed by atoms with Crippen molar-refractivity contribution in [3.63, 3.8) is 0 Å². The molecule has 1 heterocycles. The monoisotopic (exact) mass is 313 g/mol. The fourth-order valence-corrected chi connectivity index (χ4v) is 2.16. The number of piperidine rings is 1. The van der Waals surface area contributed by atoms with Crippen molar-refractivity contribution in [2.24, 2.45) is 5.92 Å². The first-order valence-corrected chi connectivity index (χ1v) is 8.06. The predicted molar refractivity (Wildman–Crippen MR) is 82.1 cm³/mol. The van der Waals surface area contributed by atoms with Crippen LogP contribution in [0.25, 0.3) is 0 Å². The number of hydrogen-bond acceptors (Lipinski definition) is 5. The Labute approximate surface area is 131 Å². The molecule has 1 aliphatic heterocycles. The lowest BCUT2D eigenvalue weighted by atomic mass is 9.97. The van der Waals surface area contributed by atoms with E-state index in [9.17, 15) is 14.4 Å². The fourth-order valence-electron chi connectivity index (χ4n) is 2.16. The van der Waals surface area contributed by atoms with Gasteiger partial charge in [-0.15, -0.1) is 0 Å². The van der Waals surface area contributed by atoms with E-state index >= 15 is 0 Å². The van der Waals surface area contributed by atoms with Crippen LogP contribution in [0.1, 0.15) is 39.0 Å². The zero-order chi connectivity index (χ0) is 16.2. The lowest BCUT2D eigenvalue weighted by molar-refractivity contribution is -0.143. The maximum Gasteiger partial charge on any atom is 0.315 e. The van der Waals surface area contributed by atoms with Gasteiger partial charge >= 0.3 is 11.8 Å². The molecule has 1 saturated heterocycles. The molecule has 0 radical (unpaired) electrons. The van der Waals surface area contributed by atoms with Crippen LogP contribution in [0.2, 0.25) is 0 Å². The van der Waals surface area contributed by atoms with Gasteiger partial charge in [-0.05, 0) is 38.8 Å². The maximum absolute atomic E-state index is 11.8. The summed E-state index contributed by atoms with van der Waals surface area (Å²) >= 11 is 0. The van der Waals surface area contributed by atoms with Crippen molar-refractivity contribution in [3.8, 4) is 0 Å². The Morgan fingerprint density at radius 3 is 2.45 bits per heavy atom. The van der Waals surface area contributed by atoms with Crippen LogP contribution in [0.5, 0.6) is 0 Å². The number of unbranched alkanes of at least 4 members (excludes halogenated alkanes) is 1. The van der Waals surface area contributed by atoms with Crippen LogP contribution in [0.4, 0.5) is 0 Å². The number of nitrogens with one attached hydrogen (secondary N) is 3. The van der Waals surface area contributed by atoms with E-state index in [0.717, 1.165) is 32.5 Å². The van der Waals surface area contributed by atoms with E-state index in [1.807, 2.05) is 0 Å². The summed E-state index contributed by atoms with van der Waals surface area (Å²) in [7, 11) is 0. The number of imide groups is 1. The smallest absolute Gasteiger partial charge is 0.315 e. The third kappa shape index (κ3) is 7.51. The number of carbonyl (C=O) groups is 3. The lowest BCUT2D eigenvalue weighted by Crippen LogP contribution is -2.46. The van der Waals surface area contributed by atoms with Gasteiger partial charge in [-0.3, -0.25) is 19.7 Å². The Balaban J connectivity index is 2.11. The van der Waals surface area contributed by atoms with Crippen molar-refractivity contribution in [2.45, 2.75) is 39.0 Å². The Bertz CT molecular complexity index is 368. The average Bonchev–Trinajstić information content (AvgIpc) is 2.54. The van der Waals surface area contributed by atoms with Gasteiger partial charge in [0, 0.05) is 25.7 Å². The van der Waals surface area contributed by atoms with Crippen molar-refractivity contribution < 1.29 is 19.1 Å². The minimum absolute atomic E-state index is 0.190. The topological polar surface area (TPSA) is 96.5 Å². The lowest BCUT2D eigenvalue weighted by Gasteiger charge is -2.21. The second-order valence-corrected chi connectivity index (χ2v) is 5.42. The van der Waals surface area contributed by atoms with Gasteiger partial charge in [0.1, 0.15) is 0 Å². The van der Waals surface area contributed by atoms with E-state index < -0.39 is 11.8 Å². The summed E-state index contributed by atoms with van der Waals surface area (Å²) in [6.07, 6.45) is 4.13. The minimum atomic E-state index is -0.879. The molecule has 3 amide bonds. The SMILES string of the molecule is CCCCOCCCNC(=O)C(=O)NC(=O)C1CCNCC1. The standard InChI is InChI=1S/C15H27N3O4/c1-2-3-10-22-11-4-7-17-14(20)15(21)18-13(19)12-5-8-16-9-6-12/h12,16H,2-11H2,1H3,(H,17,20)(H,18,19,21). The molecule has 22 heavy (non-hydrogen) atoms. The molecule has 0 aliphatic carbocycles. The van der Waals surface area contributed by atoms with E-state index in [2.05, 4.69) is 22.9 Å². The largest absolute Gasteiger partial charge is 0.381 e. The molecule has 0 atom stereocenters. The first-order valence-electron chi connectivity index (χ1n) is 8.06. The number of carbonyl (C=O) groups excluding carboxylic acids is 3. The first kappa shape index (κ1) is 18.6. The van der Waals surface area contributed by atoms with Gasteiger partial charge in [-0.1, -0.05) is 13.3 Å². The van der Waals surface area contributed by atoms with Gasteiger partial charge in [0.2, 0.25) is 5.91 Å². The van der Waals surface area contributed by atoms with Crippen LogP contribution in [0.15, 0.2) is 0 Å². The van der Waals surface area contributed by atoms with Crippen molar-refractivity contribution in [2.75, 3.05) is 32.8 Å². The molecule has 1 rings (SSSR count). The molecule has 126 valence electrons. The van der Waals surface area contributed by atoms with Crippen LogP contribution in [-0.4, -0.2) is 50.6 Å². The molecular formula is C15H27N3O4. The van der Waals surface area contributed by atoms with E-state index in [0.29, 0.717) is 32.4 Å². The van der Waals surface area contributed by atoms with E-state index in [1.54, 1.807) is 0 Å². The number of ether oxygens (including phenoxy) is 1. The van der Waals surface area contributed by atoms with Gasteiger partial charge in [-0.2, -0.15) is 0 Å². The zero-order valence-corrected chi connectivity index (χ0v) is 13.3. The third-order valence-corrected chi connectivity index (χ3v) is 3.55. The molecule has 1 aliphatic rings. The summed E-state index contributed by atoms with van der Waals surface area (Å²) in [6.45, 7) is 5.24. The molecule has 7 heteroatoms. The van der Waals surface area contributed by atoms with Crippen LogP contribution in [0.3, 0.4) is 0 Å². The van der Waals surface area contributed by atoms with E-state index in [4.69, 9.17) is 4.74 Å². The van der Waals surface area contributed by atoms with E-state index in [-0.39, 0.29) is 11.8 Å². The minimum Gasteiger partial charge on any atom is -0.381 e. The summed E-state index contributed by atoms with van der Waals surface area (Å²) < 4.78 is 5.35. The molecule has 0 aromatic rings. The van der Waals surface area contributed by atoms with Gasteiger partial charge in [0.05, 0.1) is 0 Å². The number of hydrogen-bond donors (Lipinski definition) is 3. The molecule has 0 saturated carbocycles. The number of amides is 3. The van der Waals surface area contributed by atoms with Gasteiger partial charge in [0.15, 0.2) is 0 Å². The van der Waals surface area contributed by atoms with Crippen molar-refractivity contribution in [3.05, 3.63) is 0 Å².